The van der Waals surface area contributed by atoms with E-state index in [0.717, 1.165) is 12.0 Å². The summed E-state index contributed by atoms with van der Waals surface area (Å²) in [5, 5.41) is 11.7. The Labute approximate surface area is 108 Å². The van der Waals surface area contributed by atoms with Crippen molar-refractivity contribution < 1.29 is 9.90 Å². The van der Waals surface area contributed by atoms with Crippen LogP contribution in [0.2, 0.25) is 0 Å². The maximum atomic E-state index is 11.7. The average molecular weight is 247 g/mol. The fourth-order valence-corrected chi connectivity index (χ4v) is 2.45. The molecule has 1 aromatic rings. The van der Waals surface area contributed by atoms with E-state index in [1.54, 1.807) is 6.92 Å². The Morgan fingerprint density at radius 1 is 1.33 bits per heavy atom. The number of amides is 1. The topological polar surface area (TPSA) is 49.3 Å². The van der Waals surface area contributed by atoms with E-state index in [2.05, 4.69) is 17.4 Å². The molecular weight excluding hydrogens is 226 g/mol. The van der Waals surface area contributed by atoms with Gasteiger partial charge >= 0.3 is 0 Å². The maximum Gasteiger partial charge on any atom is 0.224 e. The van der Waals surface area contributed by atoms with Crippen molar-refractivity contribution in [3.8, 4) is 0 Å². The van der Waals surface area contributed by atoms with Gasteiger partial charge in [0.25, 0.3) is 0 Å². The van der Waals surface area contributed by atoms with Crippen LogP contribution in [0.1, 0.15) is 36.5 Å². The van der Waals surface area contributed by atoms with Crippen molar-refractivity contribution in [3.63, 3.8) is 0 Å². The highest BCUT2D eigenvalue weighted by Gasteiger charge is 2.12. The SMILES string of the molecule is C[C@@H](CO)NC(=O)Cc1ccc2c(c1)CCCC2. The number of carbonyl (C=O) groups is 1. The first-order chi connectivity index (χ1) is 8.69. The first-order valence-electron chi connectivity index (χ1n) is 6.70. The molecule has 1 aliphatic rings. The first kappa shape index (κ1) is 13.1. The largest absolute Gasteiger partial charge is 0.394 e. The summed E-state index contributed by atoms with van der Waals surface area (Å²) < 4.78 is 0. The smallest absolute Gasteiger partial charge is 0.224 e. The van der Waals surface area contributed by atoms with E-state index in [9.17, 15) is 4.79 Å². The zero-order valence-electron chi connectivity index (χ0n) is 10.9. The fourth-order valence-electron chi connectivity index (χ4n) is 2.45. The second-order valence-electron chi connectivity index (χ2n) is 5.14. The summed E-state index contributed by atoms with van der Waals surface area (Å²) in [4.78, 5) is 11.7. The van der Waals surface area contributed by atoms with Gasteiger partial charge in [0.15, 0.2) is 0 Å². The number of aliphatic hydroxyl groups is 1. The minimum atomic E-state index is -0.171. The van der Waals surface area contributed by atoms with Crippen LogP contribution < -0.4 is 5.32 Å². The van der Waals surface area contributed by atoms with Gasteiger partial charge in [-0.2, -0.15) is 0 Å². The van der Waals surface area contributed by atoms with Gasteiger partial charge in [0.2, 0.25) is 5.91 Å². The molecule has 1 aromatic carbocycles. The maximum absolute atomic E-state index is 11.7. The van der Waals surface area contributed by atoms with Crippen LogP contribution in [0.4, 0.5) is 0 Å². The monoisotopic (exact) mass is 247 g/mol. The Morgan fingerprint density at radius 2 is 2.06 bits per heavy atom. The summed E-state index contributed by atoms with van der Waals surface area (Å²) in [5.41, 5.74) is 3.91. The standard InChI is InChI=1S/C15H21NO2/c1-11(10-17)16-15(18)9-12-6-7-13-4-2-3-5-14(13)8-12/h6-8,11,17H,2-5,9-10H2,1H3,(H,16,18)/t11-/m0/s1. The minimum absolute atomic E-state index is 0.0179. The normalized spacial score (nSPS) is 15.9. The van der Waals surface area contributed by atoms with Crippen LogP contribution in [0, 0.1) is 0 Å². The lowest BCUT2D eigenvalue weighted by Crippen LogP contribution is -2.36. The molecule has 3 nitrogen and oxygen atoms in total. The number of carbonyl (C=O) groups excluding carboxylic acids is 1. The van der Waals surface area contributed by atoms with E-state index in [1.165, 1.54) is 30.4 Å². The molecule has 2 N–H and O–H groups in total. The molecule has 1 atom stereocenters. The molecule has 2 rings (SSSR count). The van der Waals surface area contributed by atoms with Crippen LogP contribution >= 0.6 is 0 Å². The van der Waals surface area contributed by atoms with Gasteiger partial charge in [-0.05, 0) is 49.3 Å². The van der Waals surface area contributed by atoms with E-state index in [0.29, 0.717) is 6.42 Å². The number of rotatable bonds is 4. The van der Waals surface area contributed by atoms with Crippen LogP contribution in [0.3, 0.4) is 0 Å². The van der Waals surface area contributed by atoms with Crippen LogP contribution in [-0.2, 0) is 24.1 Å². The van der Waals surface area contributed by atoms with Crippen molar-refractivity contribution in [2.45, 2.75) is 45.1 Å². The van der Waals surface area contributed by atoms with Crippen LogP contribution in [0.15, 0.2) is 18.2 Å². The molecule has 0 fully saturated rings. The molecule has 0 unspecified atom stereocenters. The molecule has 0 heterocycles. The van der Waals surface area contributed by atoms with Gasteiger partial charge in [0, 0.05) is 6.04 Å². The molecule has 0 aliphatic heterocycles. The van der Waals surface area contributed by atoms with Crippen LogP contribution in [0.5, 0.6) is 0 Å². The number of aliphatic hydroxyl groups excluding tert-OH is 1. The van der Waals surface area contributed by atoms with Gasteiger partial charge in [-0.1, -0.05) is 18.2 Å². The Hall–Kier alpha value is -1.35. The van der Waals surface area contributed by atoms with E-state index < -0.39 is 0 Å². The molecule has 18 heavy (non-hydrogen) atoms. The number of benzene rings is 1. The molecule has 0 saturated carbocycles. The van der Waals surface area contributed by atoms with Gasteiger partial charge in [-0.25, -0.2) is 0 Å². The molecular formula is C15H21NO2. The van der Waals surface area contributed by atoms with Crippen molar-refractivity contribution in [1.29, 1.82) is 0 Å². The molecule has 1 amide bonds. The van der Waals surface area contributed by atoms with Crippen molar-refractivity contribution >= 4 is 5.91 Å². The summed E-state index contributed by atoms with van der Waals surface area (Å²) in [5.74, 6) is -0.0210. The van der Waals surface area contributed by atoms with Gasteiger partial charge < -0.3 is 10.4 Å². The highest BCUT2D eigenvalue weighted by atomic mass is 16.3. The first-order valence-corrected chi connectivity index (χ1v) is 6.70. The van der Waals surface area contributed by atoms with Gasteiger partial charge in [0.05, 0.1) is 13.0 Å². The number of hydrogen-bond donors (Lipinski definition) is 2. The predicted molar refractivity (Wildman–Crippen MR) is 71.5 cm³/mol. The molecule has 0 radical (unpaired) electrons. The van der Waals surface area contributed by atoms with Gasteiger partial charge in [-0.3, -0.25) is 4.79 Å². The highest BCUT2D eigenvalue weighted by molar-refractivity contribution is 5.78. The Balaban J connectivity index is 1.99. The lowest BCUT2D eigenvalue weighted by molar-refractivity contribution is -0.121. The molecule has 1 aliphatic carbocycles. The zero-order valence-corrected chi connectivity index (χ0v) is 10.9. The predicted octanol–water partition coefficient (Wildman–Crippen LogP) is 1.60. The minimum Gasteiger partial charge on any atom is -0.394 e. The van der Waals surface area contributed by atoms with E-state index in [4.69, 9.17) is 5.11 Å². The lowest BCUT2D eigenvalue weighted by atomic mass is 9.90. The number of hydrogen-bond acceptors (Lipinski definition) is 2. The van der Waals surface area contributed by atoms with E-state index in [1.807, 2.05) is 6.07 Å². The summed E-state index contributed by atoms with van der Waals surface area (Å²) >= 11 is 0. The summed E-state index contributed by atoms with van der Waals surface area (Å²) in [6, 6.07) is 6.20. The van der Waals surface area contributed by atoms with Crippen molar-refractivity contribution in [1.82, 2.24) is 5.32 Å². The van der Waals surface area contributed by atoms with Crippen LogP contribution in [-0.4, -0.2) is 23.7 Å². The Bertz CT molecular complexity index is 429. The molecule has 0 saturated heterocycles. The number of aryl methyl sites for hydroxylation is 2. The van der Waals surface area contributed by atoms with Crippen LogP contribution in [0.25, 0.3) is 0 Å². The van der Waals surface area contributed by atoms with Gasteiger partial charge in [-0.15, -0.1) is 0 Å². The second-order valence-corrected chi connectivity index (χ2v) is 5.14. The third-order valence-electron chi connectivity index (χ3n) is 3.46. The third-order valence-corrected chi connectivity index (χ3v) is 3.46. The second kappa shape index (κ2) is 6.01. The fraction of sp³-hybridized carbons (Fsp3) is 0.533. The zero-order chi connectivity index (χ0) is 13.0. The quantitative estimate of drug-likeness (QED) is 0.849. The average Bonchev–Trinajstić information content (AvgIpc) is 2.38. The van der Waals surface area contributed by atoms with E-state index in [-0.39, 0.29) is 18.6 Å². The summed E-state index contributed by atoms with van der Waals surface area (Å²) in [6.07, 6.45) is 5.24. The lowest BCUT2D eigenvalue weighted by Gasteiger charge is -2.17. The molecule has 0 spiro atoms. The molecule has 98 valence electrons. The highest BCUT2D eigenvalue weighted by Crippen LogP contribution is 2.22. The van der Waals surface area contributed by atoms with Crippen molar-refractivity contribution in [2.24, 2.45) is 0 Å². The Morgan fingerprint density at radius 3 is 2.78 bits per heavy atom. The molecule has 3 heteroatoms. The van der Waals surface area contributed by atoms with Crippen molar-refractivity contribution in [2.75, 3.05) is 6.61 Å². The summed E-state index contributed by atoms with van der Waals surface area (Å²) in [6.45, 7) is 1.78. The Kier molecular flexibility index (Phi) is 4.37. The van der Waals surface area contributed by atoms with Crippen molar-refractivity contribution in [3.05, 3.63) is 34.9 Å². The molecule has 0 bridgehead atoms. The molecule has 0 aromatic heterocycles. The van der Waals surface area contributed by atoms with Gasteiger partial charge in [0.1, 0.15) is 0 Å². The number of nitrogens with one attached hydrogen (secondary N) is 1. The summed E-state index contributed by atoms with van der Waals surface area (Å²) in [7, 11) is 0. The van der Waals surface area contributed by atoms with E-state index >= 15 is 0 Å². The number of fused-ring (bicyclic) bond motifs is 1. The third kappa shape index (κ3) is 3.33.